The quantitative estimate of drug-likeness (QED) is 0.621. The molecular weight excluding hydrogens is 150 g/mol. The molecule has 0 aromatic rings. The number of likely N-dealkylation sites (tertiary alicyclic amines) is 1. The van der Waals surface area contributed by atoms with Gasteiger partial charge in [-0.05, 0) is 19.3 Å². The predicted octanol–water partition coefficient (Wildman–Crippen LogP) is 1.50. The van der Waals surface area contributed by atoms with Crippen LogP contribution in [0.5, 0.6) is 0 Å². The van der Waals surface area contributed by atoms with Gasteiger partial charge < -0.3 is 4.74 Å². The van der Waals surface area contributed by atoms with E-state index in [1.165, 1.54) is 13.0 Å². The Hall–Kier alpha value is -0.0800. The molecule has 0 saturated carbocycles. The Morgan fingerprint density at radius 1 is 1.33 bits per heavy atom. The molecule has 0 radical (unpaired) electrons. The van der Waals surface area contributed by atoms with Gasteiger partial charge in [0.2, 0.25) is 0 Å². The second kappa shape index (κ2) is 3.00. The lowest BCUT2D eigenvalue weighted by atomic mass is 10.0. The van der Waals surface area contributed by atoms with E-state index in [0.717, 1.165) is 24.6 Å². The minimum absolute atomic E-state index is 0.552. The third kappa shape index (κ3) is 1.27. The molecule has 2 rings (SSSR count). The molecule has 2 aliphatic rings. The lowest BCUT2D eigenvalue weighted by molar-refractivity contribution is 0.00606. The highest BCUT2D eigenvalue weighted by Gasteiger charge is 2.41. The summed E-state index contributed by atoms with van der Waals surface area (Å²) in [6, 6.07) is 1.45. The average Bonchev–Trinajstić information content (AvgIpc) is 2.62. The minimum atomic E-state index is 0.552. The molecule has 0 aromatic carbocycles. The first-order valence-electron chi connectivity index (χ1n) is 5.06. The first-order chi connectivity index (χ1) is 5.68. The van der Waals surface area contributed by atoms with Gasteiger partial charge in [0.1, 0.15) is 0 Å². The zero-order valence-corrected chi connectivity index (χ0v) is 8.29. The number of rotatable bonds is 2. The van der Waals surface area contributed by atoms with E-state index < -0.39 is 0 Å². The topological polar surface area (TPSA) is 12.5 Å². The fourth-order valence-corrected chi connectivity index (χ4v) is 2.31. The number of hydrogen-bond acceptors (Lipinski definition) is 2. The van der Waals surface area contributed by atoms with Crippen LogP contribution in [0.4, 0.5) is 0 Å². The van der Waals surface area contributed by atoms with Crippen molar-refractivity contribution in [1.82, 2.24) is 4.90 Å². The van der Waals surface area contributed by atoms with E-state index in [1.54, 1.807) is 0 Å². The van der Waals surface area contributed by atoms with E-state index in [9.17, 15) is 0 Å². The number of hydrogen-bond donors (Lipinski definition) is 0. The maximum atomic E-state index is 5.57. The molecule has 2 fully saturated rings. The lowest BCUT2D eigenvalue weighted by Gasteiger charge is -2.34. The lowest BCUT2D eigenvalue weighted by Crippen LogP contribution is -2.45. The van der Waals surface area contributed by atoms with E-state index >= 15 is 0 Å². The maximum Gasteiger partial charge on any atom is 0.0718 e. The predicted molar refractivity (Wildman–Crippen MR) is 49.2 cm³/mol. The standard InChI is InChI=1S/C10H19NO/c1-7(2)8(3)11-5-10-4-9(11)6-12-10/h7-10H,4-6H2,1-3H3/t8-,9+,10+/m0/s1. The second-order valence-corrected chi connectivity index (χ2v) is 4.53. The monoisotopic (exact) mass is 169 g/mol. The van der Waals surface area contributed by atoms with E-state index in [4.69, 9.17) is 4.74 Å². The summed E-state index contributed by atoms with van der Waals surface area (Å²) in [6.07, 6.45) is 1.83. The van der Waals surface area contributed by atoms with Crippen LogP contribution in [0.3, 0.4) is 0 Å². The molecule has 2 aliphatic heterocycles. The van der Waals surface area contributed by atoms with Crippen LogP contribution in [-0.4, -0.2) is 36.2 Å². The smallest absolute Gasteiger partial charge is 0.0718 e. The van der Waals surface area contributed by atoms with Gasteiger partial charge in [-0.25, -0.2) is 0 Å². The Bertz CT molecular complexity index is 169. The molecular formula is C10H19NO. The van der Waals surface area contributed by atoms with Crippen molar-refractivity contribution in [3.8, 4) is 0 Å². The molecule has 2 nitrogen and oxygen atoms in total. The van der Waals surface area contributed by atoms with Crippen LogP contribution in [0.25, 0.3) is 0 Å². The van der Waals surface area contributed by atoms with Crippen LogP contribution in [0.2, 0.25) is 0 Å². The van der Waals surface area contributed by atoms with Crippen molar-refractivity contribution in [1.29, 1.82) is 0 Å². The summed E-state index contributed by atoms with van der Waals surface area (Å²) in [5, 5.41) is 0. The molecule has 0 unspecified atom stereocenters. The Morgan fingerprint density at radius 3 is 2.50 bits per heavy atom. The maximum absolute atomic E-state index is 5.57. The van der Waals surface area contributed by atoms with Gasteiger partial charge in [0.05, 0.1) is 12.7 Å². The van der Waals surface area contributed by atoms with Gasteiger partial charge in [0, 0.05) is 18.6 Å². The zero-order chi connectivity index (χ0) is 8.72. The zero-order valence-electron chi connectivity index (χ0n) is 8.29. The Morgan fingerprint density at radius 2 is 2.08 bits per heavy atom. The Labute approximate surface area is 74.9 Å². The van der Waals surface area contributed by atoms with Gasteiger partial charge in [-0.15, -0.1) is 0 Å². The molecule has 0 aromatic heterocycles. The molecule has 2 bridgehead atoms. The summed E-state index contributed by atoms with van der Waals surface area (Å²) in [6.45, 7) is 9.09. The van der Waals surface area contributed by atoms with Crippen molar-refractivity contribution >= 4 is 0 Å². The van der Waals surface area contributed by atoms with Gasteiger partial charge in [0.15, 0.2) is 0 Å². The molecule has 2 saturated heterocycles. The normalized spacial score (nSPS) is 38.0. The first-order valence-corrected chi connectivity index (χ1v) is 5.06. The van der Waals surface area contributed by atoms with E-state index in [2.05, 4.69) is 25.7 Å². The van der Waals surface area contributed by atoms with Gasteiger partial charge in [0.25, 0.3) is 0 Å². The average molecular weight is 169 g/mol. The molecule has 0 amide bonds. The third-order valence-electron chi connectivity index (χ3n) is 3.43. The molecule has 0 aliphatic carbocycles. The van der Waals surface area contributed by atoms with Gasteiger partial charge >= 0.3 is 0 Å². The third-order valence-corrected chi connectivity index (χ3v) is 3.43. The minimum Gasteiger partial charge on any atom is -0.375 e. The van der Waals surface area contributed by atoms with Crippen LogP contribution in [0, 0.1) is 5.92 Å². The highest BCUT2D eigenvalue weighted by atomic mass is 16.5. The van der Waals surface area contributed by atoms with Crippen molar-refractivity contribution in [2.75, 3.05) is 13.2 Å². The fraction of sp³-hybridized carbons (Fsp3) is 1.00. The van der Waals surface area contributed by atoms with Crippen LogP contribution >= 0.6 is 0 Å². The highest BCUT2D eigenvalue weighted by Crippen LogP contribution is 2.31. The number of ether oxygens (including phenoxy) is 1. The number of nitrogens with zero attached hydrogens (tertiary/aromatic N) is 1. The molecule has 70 valence electrons. The summed E-state index contributed by atoms with van der Waals surface area (Å²) in [5.41, 5.74) is 0. The van der Waals surface area contributed by atoms with E-state index in [1.807, 2.05) is 0 Å². The SMILES string of the molecule is CC(C)[C@H](C)N1C[C@H]2C[C@@H]1CO2. The van der Waals surface area contributed by atoms with Crippen LogP contribution in [0.1, 0.15) is 27.2 Å². The van der Waals surface area contributed by atoms with Crippen LogP contribution < -0.4 is 0 Å². The molecule has 2 heteroatoms. The van der Waals surface area contributed by atoms with Crippen molar-refractivity contribution in [3.63, 3.8) is 0 Å². The number of fused-ring (bicyclic) bond motifs is 2. The molecule has 0 N–H and O–H groups in total. The summed E-state index contributed by atoms with van der Waals surface area (Å²) in [7, 11) is 0. The first kappa shape index (κ1) is 8.52. The van der Waals surface area contributed by atoms with Gasteiger partial charge in [-0.3, -0.25) is 4.90 Å². The Balaban J connectivity index is 1.97. The van der Waals surface area contributed by atoms with Crippen molar-refractivity contribution in [2.24, 2.45) is 5.92 Å². The largest absolute Gasteiger partial charge is 0.375 e. The van der Waals surface area contributed by atoms with Crippen LogP contribution in [0.15, 0.2) is 0 Å². The summed E-state index contributed by atoms with van der Waals surface area (Å²) < 4.78 is 5.57. The molecule has 3 atom stereocenters. The summed E-state index contributed by atoms with van der Waals surface area (Å²) in [4.78, 5) is 2.62. The van der Waals surface area contributed by atoms with E-state index in [-0.39, 0.29) is 0 Å². The van der Waals surface area contributed by atoms with Gasteiger partial charge in [-0.1, -0.05) is 13.8 Å². The van der Waals surface area contributed by atoms with Gasteiger partial charge in [-0.2, -0.15) is 0 Å². The number of morpholine rings is 1. The van der Waals surface area contributed by atoms with Crippen molar-refractivity contribution in [2.45, 2.75) is 45.4 Å². The fourth-order valence-electron chi connectivity index (χ4n) is 2.31. The van der Waals surface area contributed by atoms with Crippen LogP contribution in [-0.2, 0) is 4.74 Å². The van der Waals surface area contributed by atoms with Crippen molar-refractivity contribution in [3.05, 3.63) is 0 Å². The highest BCUT2D eigenvalue weighted by molar-refractivity contribution is 4.94. The second-order valence-electron chi connectivity index (χ2n) is 4.53. The Kier molecular flexibility index (Phi) is 2.13. The molecule has 12 heavy (non-hydrogen) atoms. The summed E-state index contributed by atoms with van der Waals surface area (Å²) in [5.74, 6) is 0.768. The molecule has 0 spiro atoms. The van der Waals surface area contributed by atoms with E-state index in [0.29, 0.717) is 6.10 Å². The van der Waals surface area contributed by atoms with Crippen molar-refractivity contribution < 1.29 is 4.74 Å². The molecule has 2 heterocycles. The summed E-state index contributed by atoms with van der Waals surface area (Å²) >= 11 is 0.